The van der Waals surface area contributed by atoms with E-state index in [4.69, 9.17) is 14.7 Å². The van der Waals surface area contributed by atoms with Crippen molar-refractivity contribution in [3.05, 3.63) is 29.3 Å². The molecular formula is C17H20F2N2O3. The maximum absolute atomic E-state index is 13.9. The Hall–Kier alpha value is -2.36. The molecule has 1 heterocycles. The van der Waals surface area contributed by atoms with Gasteiger partial charge >= 0.3 is 6.09 Å². The van der Waals surface area contributed by atoms with Gasteiger partial charge in [-0.3, -0.25) is 0 Å². The smallest absolute Gasteiger partial charge is 0.410 e. The van der Waals surface area contributed by atoms with E-state index in [1.807, 2.05) is 0 Å². The van der Waals surface area contributed by atoms with Crippen LogP contribution in [0.25, 0.3) is 0 Å². The molecule has 0 bridgehead atoms. The first-order valence-corrected chi connectivity index (χ1v) is 7.74. The van der Waals surface area contributed by atoms with Crippen molar-refractivity contribution in [2.75, 3.05) is 13.1 Å². The number of carbonyl (C=O) groups excluding carboxylic acids is 1. The molecule has 1 aliphatic heterocycles. The number of carbonyl (C=O) groups is 1. The van der Waals surface area contributed by atoms with Gasteiger partial charge in [-0.25, -0.2) is 9.18 Å². The van der Waals surface area contributed by atoms with Crippen molar-refractivity contribution in [3.63, 3.8) is 0 Å². The lowest BCUT2D eigenvalue weighted by Gasteiger charge is -2.33. The Kier molecular flexibility index (Phi) is 5.27. The van der Waals surface area contributed by atoms with Crippen LogP contribution in [0.1, 0.15) is 39.2 Å². The van der Waals surface area contributed by atoms with Crippen molar-refractivity contribution >= 4 is 6.09 Å². The summed E-state index contributed by atoms with van der Waals surface area (Å²) < 4.78 is 38.0. The maximum Gasteiger partial charge on any atom is 0.410 e. The third kappa shape index (κ3) is 4.34. The molecule has 1 aromatic carbocycles. The van der Waals surface area contributed by atoms with Gasteiger partial charge in [0.15, 0.2) is 11.6 Å². The second-order valence-electron chi connectivity index (χ2n) is 6.63. The Balaban J connectivity index is 1.98. The highest BCUT2D eigenvalue weighted by atomic mass is 19.2. The van der Waals surface area contributed by atoms with Gasteiger partial charge in [-0.2, -0.15) is 9.65 Å². The fraction of sp³-hybridized carbons (Fsp3) is 0.529. The minimum Gasteiger partial charge on any atom is -0.486 e. The van der Waals surface area contributed by atoms with Gasteiger partial charge in [-0.05, 0) is 32.9 Å². The highest BCUT2D eigenvalue weighted by Crippen LogP contribution is 2.28. The van der Waals surface area contributed by atoms with Crippen molar-refractivity contribution in [3.8, 4) is 11.8 Å². The highest BCUT2D eigenvalue weighted by molar-refractivity contribution is 5.68. The first-order valence-electron chi connectivity index (χ1n) is 7.74. The molecule has 0 aromatic heterocycles. The molecule has 1 saturated heterocycles. The fourth-order valence-electron chi connectivity index (χ4n) is 2.38. The zero-order chi connectivity index (χ0) is 17.9. The van der Waals surface area contributed by atoms with E-state index in [0.29, 0.717) is 25.9 Å². The summed E-state index contributed by atoms with van der Waals surface area (Å²) in [6.07, 6.45) is 0.0859. The number of hydrogen-bond donors (Lipinski definition) is 0. The van der Waals surface area contributed by atoms with Crippen molar-refractivity contribution in [2.45, 2.75) is 45.3 Å². The van der Waals surface area contributed by atoms with E-state index in [9.17, 15) is 13.6 Å². The second kappa shape index (κ2) is 7.04. The first-order chi connectivity index (χ1) is 11.2. The zero-order valence-electron chi connectivity index (χ0n) is 13.9. The standard InChI is InChI=1S/C17H20F2N2O3/c1-17(2,3)24-16(22)21-8-6-12(7-9-21)23-15-11(10-20)4-5-13(18)14(15)19/h4-5,12H,6-9H2,1-3H3. The monoisotopic (exact) mass is 338 g/mol. The lowest BCUT2D eigenvalue weighted by molar-refractivity contribution is 0.0122. The van der Waals surface area contributed by atoms with Gasteiger partial charge in [0.25, 0.3) is 0 Å². The van der Waals surface area contributed by atoms with Crippen molar-refractivity contribution in [2.24, 2.45) is 0 Å². The van der Waals surface area contributed by atoms with Gasteiger partial charge in [0.05, 0.1) is 5.56 Å². The molecule has 1 aliphatic rings. The number of likely N-dealkylation sites (tertiary alicyclic amines) is 1. The van der Waals surface area contributed by atoms with Crippen LogP contribution in [0.4, 0.5) is 13.6 Å². The predicted octanol–water partition coefficient (Wildman–Crippen LogP) is 3.61. The molecule has 1 fully saturated rings. The summed E-state index contributed by atoms with van der Waals surface area (Å²) in [4.78, 5) is 13.5. The number of nitriles is 1. The summed E-state index contributed by atoms with van der Waals surface area (Å²) in [5.74, 6) is -2.59. The van der Waals surface area contributed by atoms with Crippen LogP contribution in [0.15, 0.2) is 12.1 Å². The van der Waals surface area contributed by atoms with E-state index in [1.54, 1.807) is 31.7 Å². The second-order valence-corrected chi connectivity index (χ2v) is 6.63. The van der Waals surface area contributed by atoms with E-state index >= 15 is 0 Å². The van der Waals surface area contributed by atoms with Crippen LogP contribution in [0.2, 0.25) is 0 Å². The van der Waals surface area contributed by atoms with Crippen molar-refractivity contribution < 1.29 is 23.0 Å². The molecule has 130 valence electrons. The van der Waals surface area contributed by atoms with Crippen LogP contribution >= 0.6 is 0 Å². The zero-order valence-corrected chi connectivity index (χ0v) is 13.9. The van der Waals surface area contributed by atoms with Crippen LogP contribution in [0.3, 0.4) is 0 Å². The van der Waals surface area contributed by atoms with Crippen LogP contribution < -0.4 is 4.74 Å². The fourth-order valence-corrected chi connectivity index (χ4v) is 2.38. The van der Waals surface area contributed by atoms with Crippen LogP contribution in [0.5, 0.6) is 5.75 Å². The molecule has 5 nitrogen and oxygen atoms in total. The maximum atomic E-state index is 13.9. The molecule has 0 N–H and O–H groups in total. The number of halogens is 2. The Morgan fingerprint density at radius 1 is 1.29 bits per heavy atom. The first kappa shape index (κ1) is 18.0. The van der Waals surface area contributed by atoms with E-state index in [0.717, 1.165) is 6.07 Å². The minimum absolute atomic E-state index is 0.0523. The molecule has 24 heavy (non-hydrogen) atoms. The lowest BCUT2D eigenvalue weighted by atomic mass is 10.1. The third-order valence-corrected chi connectivity index (χ3v) is 3.55. The SMILES string of the molecule is CC(C)(C)OC(=O)N1CCC(Oc2c(C#N)ccc(F)c2F)CC1. The van der Waals surface area contributed by atoms with Gasteiger partial charge in [0.2, 0.25) is 5.82 Å². The molecule has 0 saturated carbocycles. The lowest BCUT2D eigenvalue weighted by Crippen LogP contribution is -2.44. The van der Waals surface area contributed by atoms with Gasteiger partial charge in [-0.15, -0.1) is 0 Å². The summed E-state index contributed by atoms with van der Waals surface area (Å²) in [6.45, 7) is 6.14. The third-order valence-electron chi connectivity index (χ3n) is 3.55. The molecule has 1 amide bonds. The normalized spacial score (nSPS) is 15.8. The molecule has 0 spiro atoms. The van der Waals surface area contributed by atoms with Gasteiger partial charge in [-0.1, -0.05) is 0 Å². The van der Waals surface area contributed by atoms with E-state index in [-0.39, 0.29) is 11.3 Å². The Bertz CT molecular complexity index is 657. The van der Waals surface area contributed by atoms with E-state index in [2.05, 4.69) is 0 Å². The number of hydrogen-bond acceptors (Lipinski definition) is 4. The summed E-state index contributed by atoms with van der Waals surface area (Å²) in [5.41, 5.74) is -0.625. The molecule has 0 atom stereocenters. The average molecular weight is 338 g/mol. The number of nitrogens with zero attached hydrogens (tertiary/aromatic N) is 2. The van der Waals surface area contributed by atoms with Crippen molar-refractivity contribution in [1.29, 1.82) is 5.26 Å². The van der Waals surface area contributed by atoms with Gasteiger partial charge in [0.1, 0.15) is 17.8 Å². The topological polar surface area (TPSA) is 62.6 Å². The van der Waals surface area contributed by atoms with Crippen LogP contribution in [-0.4, -0.2) is 35.8 Å². The van der Waals surface area contributed by atoms with Crippen LogP contribution in [0, 0.1) is 23.0 Å². The number of amides is 1. The molecule has 1 aromatic rings. The number of ether oxygens (including phenoxy) is 2. The summed E-state index contributed by atoms with van der Waals surface area (Å²) in [5, 5.41) is 9.00. The Morgan fingerprint density at radius 2 is 1.92 bits per heavy atom. The largest absolute Gasteiger partial charge is 0.486 e. The molecule has 0 radical (unpaired) electrons. The number of benzene rings is 1. The van der Waals surface area contributed by atoms with Gasteiger partial charge in [0, 0.05) is 25.9 Å². The Morgan fingerprint density at radius 3 is 2.46 bits per heavy atom. The van der Waals surface area contributed by atoms with Crippen molar-refractivity contribution in [1.82, 2.24) is 4.90 Å². The van der Waals surface area contributed by atoms with E-state index in [1.165, 1.54) is 6.07 Å². The molecule has 0 unspecified atom stereocenters. The van der Waals surface area contributed by atoms with Gasteiger partial charge < -0.3 is 14.4 Å². The molecule has 0 aliphatic carbocycles. The summed E-state index contributed by atoms with van der Waals surface area (Å²) in [7, 11) is 0. The van der Waals surface area contributed by atoms with E-state index < -0.39 is 29.4 Å². The molecule has 7 heteroatoms. The quantitative estimate of drug-likeness (QED) is 0.826. The molecule has 2 rings (SSSR count). The predicted molar refractivity (Wildman–Crippen MR) is 82.5 cm³/mol. The Labute approximate surface area is 139 Å². The number of piperidine rings is 1. The molecular weight excluding hydrogens is 318 g/mol. The minimum atomic E-state index is -1.16. The summed E-state index contributed by atoms with van der Waals surface area (Å²) in [6, 6.07) is 3.87. The highest BCUT2D eigenvalue weighted by Gasteiger charge is 2.29. The number of rotatable bonds is 2. The average Bonchev–Trinajstić information content (AvgIpc) is 2.51. The van der Waals surface area contributed by atoms with Crippen LogP contribution in [-0.2, 0) is 4.74 Å². The summed E-state index contributed by atoms with van der Waals surface area (Å²) >= 11 is 0.